The molecule has 2 aromatic rings. The van der Waals surface area contributed by atoms with E-state index in [2.05, 4.69) is 26.2 Å². The molecule has 15 heavy (non-hydrogen) atoms. The van der Waals surface area contributed by atoms with E-state index >= 15 is 0 Å². The average molecular weight is 306 g/mol. The van der Waals surface area contributed by atoms with Crippen molar-refractivity contribution in [2.24, 2.45) is 0 Å². The molecule has 1 amide bonds. The van der Waals surface area contributed by atoms with Gasteiger partial charge in [-0.25, -0.2) is 4.98 Å². The lowest BCUT2D eigenvalue weighted by molar-refractivity contribution is -0.113. The first-order valence-corrected chi connectivity index (χ1v) is 6.30. The summed E-state index contributed by atoms with van der Waals surface area (Å²) < 4.78 is 1.87. The van der Waals surface area contributed by atoms with E-state index in [0.717, 1.165) is 14.7 Å². The van der Waals surface area contributed by atoms with Crippen LogP contribution in [0.1, 0.15) is 0 Å². The van der Waals surface area contributed by atoms with Gasteiger partial charge in [0.2, 0.25) is 5.91 Å². The maximum absolute atomic E-state index is 11.1. The van der Waals surface area contributed by atoms with Gasteiger partial charge in [0.15, 0.2) is 0 Å². The van der Waals surface area contributed by atoms with Crippen molar-refractivity contribution in [2.75, 3.05) is 11.2 Å². The fraction of sp³-hybridized carbons (Fsp3) is 0.111. The summed E-state index contributed by atoms with van der Waals surface area (Å²) in [6.45, 7) is 0. The molecule has 1 aromatic heterocycles. The molecule has 0 spiro atoms. The van der Waals surface area contributed by atoms with Crippen LogP contribution in [0.5, 0.6) is 0 Å². The molecule has 6 heteroatoms. The number of carbonyl (C=O) groups is 1. The predicted molar refractivity (Wildman–Crippen MR) is 66.7 cm³/mol. The maximum Gasteiger partial charge on any atom is 0.239 e. The standard InChI is InChI=1S/C9H6BrClN2OS/c10-8-5(13-7(14)3-11)1-2-6-9(8)12-4-15-6/h1-2,4H,3H2,(H,13,14). The smallest absolute Gasteiger partial charge is 0.239 e. The number of thiazole rings is 1. The molecular formula is C9H6BrClN2OS. The molecule has 1 heterocycles. The number of hydrogen-bond donors (Lipinski definition) is 1. The first kappa shape index (κ1) is 10.9. The number of benzene rings is 1. The lowest BCUT2D eigenvalue weighted by Crippen LogP contribution is -2.12. The highest BCUT2D eigenvalue weighted by Crippen LogP contribution is 2.32. The first-order chi connectivity index (χ1) is 7.22. The van der Waals surface area contributed by atoms with Gasteiger partial charge in [-0.05, 0) is 28.1 Å². The SMILES string of the molecule is O=C(CCl)Nc1ccc2scnc2c1Br. The van der Waals surface area contributed by atoms with Crippen molar-refractivity contribution in [1.82, 2.24) is 4.98 Å². The van der Waals surface area contributed by atoms with Crippen LogP contribution in [0.15, 0.2) is 22.1 Å². The average Bonchev–Trinajstić information content (AvgIpc) is 2.70. The van der Waals surface area contributed by atoms with Crippen molar-refractivity contribution in [3.05, 3.63) is 22.1 Å². The second kappa shape index (κ2) is 4.47. The molecule has 0 fully saturated rings. The molecule has 0 bridgehead atoms. The molecule has 1 N–H and O–H groups in total. The summed E-state index contributed by atoms with van der Waals surface area (Å²) in [5.74, 6) is -0.284. The molecule has 0 saturated heterocycles. The van der Waals surface area contributed by atoms with Gasteiger partial charge in [-0.1, -0.05) is 0 Å². The number of halogens is 2. The second-order valence-electron chi connectivity index (χ2n) is 2.81. The fourth-order valence-electron chi connectivity index (χ4n) is 1.18. The van der Waals surface area contributed by atoms with E-state index in [4.69, 9.17) is 11.6 Å². The van der Waals surface area contributed by atoms with Crippen LogP contribution in [0, 0.1) is 0 Å². The topological polar surface area (TPSA) is 42.0 Å². The van der Waals surface area contributed by atoms with E-state index in [-0.39, 0.29) is 11.8 Å². The molecule has 78 valence electrons. The number of anilines is 1. The molecule has 3 nitrogen and oxygen atoms in total. The summed E-state index contributed by atoms with van der Waals surface area (Å²) in [7, 11) is 0. The van der Waals surface area contributed by atoms with Crippen LogP contribution in [-0.2, 0) is 4.79 Å². The van der Waals surface area contributed by atoms with Gasteiger partial charge in [0, 0.05) is 0 Å². The van der Waals surface area contributed by atoms with Gasteiger partial charge < -0.3 is 5.32 Å². The Balaban J connectivity index is 2.43. The van der Waals surface area contributed by atoms with Crippen molar-refractivity contribution in [1.29, 1.82) is 0 Å². The van der Waals surface area contributed by atoms with Crippen LogP contribution in [0.4, 0.5) is 5.69 Å². The summed E-state index contributed by atoms with van der Waals surface area (Å²) >= 11 is 10.4. The van der Waals surface area contributed by atoms with Crippen molar-refractivity contribution in [2.45, 2.75) is 0 Å². The molecule has 0 unspecified atom stereocenters. The maximum atomic E-state index is 11.1. The summed E-state index contributed by atoms with van der Waals surface area (Å²) in [6.07, 6.45) is 0. The molecule has 2 rings (SSSR count). The quantitative estimate of drug-likeness (QED) is 0.866. The normalized spacial score (nSPS) is 10.5. The van der Waals surface area contributed by atoms with Crippen LogP contribution < -0.4 is 5.32 Å². The molecule has 0 aliphatic carbocycles. The lowest BCUT2D eigenvalue weighted by atomic mass is 10.3. The van der Waals surface area contributed by atoms with Gasteiger partial charge >= 0.3 is 0 Å². The number of fused-ring (bicyclic) bond motifs is 1. The minimum Gasteiger partial charge on any atom is -0.324 e. The fourth-order valence-corrected chi connectivity index (χ4v) is 2.61. The summed E-state index contributed by atoms with van der Waals surface area (Å²) in [6, 6.07) is 3.75. The van der Waals surface area contributed by atoms with Gasteiger partial charge in [0.05, 0.1) is 25.9 Å². The van der Waals surface area contributed by atoms with E-state index in [0.29, 0.717) is 5.69 Å². The van der Waals surface area contributed by atoms with Crippen molar-refractivity contribution in [3.8, 4) is 0 Å². The monoisotopic (exact) mass is 304 g/mol. The Labute approximate surface area is 104 Å². The number of amides is 1. The molecule has 0 aliphatic heterocycles. The van der Waals surface area contributed by atoms with Crippen molar-refractivity contribution >= 4 is 60.7 Å². The van der Waals surface area contributed by atoms with Gasteiger partial charge in [-0.3, -0.25) is 4.79 Å². The van der Waals surface area contributed by atoms with Crippen LogP contribution >= 0.6 is 38.9 Å². The lowest BCUT2D eigenvalue weighted by Gasteiger charge is -2.05. The van der Waals surface area contributed by atoms with Crippen molar-refractivity contribution < 1.29 is 4.79 Å². The minimum absolute atomic E-state index is 0.0540. The highest BCUT2D eigenvalue weighted by atomic mass is 79.9. The summed E-state index contributed by atoms with van der Waals surface area (Å²) in [4.78, 5) is 15.3. The van der Waals surface area contributed by atoms with E-state index in [9.17, 15) is 4.79 Å². The Morgan fingerprint density at radius 1 is 1.60 bits per heavy atom. The first-order valence-electron chi connectivity index (χ1n) is 4.10. The third-order valence-electron chi connectivity index (χ3n) is 1.84. The number of nitrogens with one attached hydrogen (secondary N) is 1. The number of alkyl halides is 1. The van der Waals surface area contributed by atoms with E-state index in [1.807, 2.05) is 12.1 Å². The molecule has 0 radical (unpaired) electrons. The largest absolute Gasteiger partial charge is 0.324 e. The van der Waals surface area contributed by atoms with Gasteiger partial charge in [0.25, 0.3) is 0 Å². The molecular weight excluding hydrogens is 300 g/mol. The molecule has 0 atom stereocenters. The second-order valence-corrected chi connectivity index (χ2v) is 4.75. The Hall–Kier alpha value is -0.650. The number of nitrogens with zero attached hydrogens (tertiary/aromatic N) is 1. The van der Waals surface area contributed by atoms with Gasteiger partial charge in [-0.15, -0.1) is 22.9 Å². The minimum atomic E-state index is -0.230. The van der Waals surface area contributed by atoms with Crippen LogP contribution in [-0.4, -0.2) is 16.8 Å². The number of rotatable bonds is 2. The van der Waals surface area contributed by atoms with E-state index in [1.54, 1.807) is 16.8 Å². The summed E-state index contributed by atoms with van der Waals surface area (Å²) in [5.41, 5.74) is 3.31. The highest BCUT2D eigenvalue weighted by Gasteiger charge is 2.09. The Bertz CT molecular complexity index is 514. The number of hydrogen-bond acceptors (Lipinski definition) is 3. The van der Waals surface area contributed by atoms with Gasteiger partial charge in [-0.2, -0.15) is 0 Å². The van der Waals surface area contributed by atoms with Crippen LogP contribution in [0.2, 0.25) is 0 Å². The van der Waals surface area contributed by atoms with Crippen LogP contribution in [0.3, 0.4) is 0 Å². The zero-order chi connectivity index (χ0) is 10.8. The Morgan fingerprint density at radius 3 is 3.13 bits per heavy atom. The van der Waals surface area contributed by atoms with Gasteiger partial charge in [0.1, 0.15) is 5.88 Å². The molecule has 1 aromatic carbocycles. The van der Waals surface area contributed by atoms with E-state index in [1.165, 1.54) is 0 Å². The zero-order valence-electron chi connectivity index (χ0n) is 7.46. The molecule has 0 aliphatic rings. The van der Waals surface area contributed by atoms with Crippen molar-refractivity contribution in [3.63, 3.8) is 0 Å². The zero-order valence-corrected chi connectivity index (χ0v) is 10.6. The molecule has 0 saturated carbocycles. The highest BCUT2D eigenvalue weighted by molar-refractivity contribution is 9.10. The predicted octanol–water partition coefficient (Wildman–Crippen LogP) is 3.24. The van der Waals surface area contributed by atoms with E-state index < -0.39 is 0 Å². The third-order valence-corrected chi connectivity index (χ3v) is 3.68. The number of aromatic nitrogens is 1. The summed E-state index contributed by atoms with van der Waals surface area (Å²) in [5, 5.41) is 2.69. The number of carbonyl (C=O) groups excluding carboxylic acids is 1. The Kier molecular flexibility index (Phi) is 3.23. The third kappa shape index (κ3) is 2.14. The Morgan fingerprint density at radius 2 is 2.40 bits per heavy atom. The van der Waals surface area contributed by atoms with Crippen LogP contribution in [0.25, 0.3) is 10.2 Å².